The summed E-state index contributed by atoms with van der Waals surface area (Å²) in [5, 5.41) is 2.76. The van der Waals surface area contributed by atoms with Crippen molar-refractivity contribution in [1.29, 1.82) is 0 Å². The van der Waals surface area contributed by atoms with Gasteiger partial charge in [0, 0.05) is 14.1 Å². The van der Waals surface area contributed by atoms with Gasteiger partial charge in [0.05, 0.1) is 11.9 Å². The van der Waals surface area contributed by atoms with E-state index in [1.54, 1.807) is 6.20 Å². The molecule has 1 amide bonds. The third-order valence-corrected chi connectivity index (χ3v) is 3.17. The number of aryl methyl sites for hydroxylation is 1. The first-order valence-corrected chi connectivity index (χ1v) is 7.23. The molecular formula is C17H21N3O2. The highest BCUT2D eigenvalue weighted by molar-refractivity contribution is 5.91. The van der Waals surface area contributed by atoms with Crippen LogP contribution in [0.2, 0.25) is 0 Å². The highest BCUT2D eigenvalue weighted by Crippen LogP contribution is 2.14. The molecular weight excluding hydrogens is 278 g/mol. The van der Waals surface area contributed by atoms with Crippen molar-refractivity contribution in [3.63, 3.8) is 0 Å². The van der Waals surface area contributed by atoms with E-state index in [9.17, 15) is 4.79 Å². The van der Waals surface area contributed by atoms with Crippen molar-refractivity contribution in [2.24, 2.45) is 0 Å². The molecule has 0 aliphatic carbocycles. The van der Waals surface area contributed by atoms with Gasteiger partial charge in [0.25, 0.3) is 5.91 Å². The number of benzene rings is 1. The average molecular weight is 299 g/mol. The van der Waals surface area contributed by atoms with Crippen LogP contribution >= 0.6 is 0 Å². The van der Waals surface area contributed by atoms with Crippen molar-refractivity contribution in [3.05, 3.63) is 48.2 Å². The van der Waals surface area contributed by atoms with Crippen LogP contribution in [0, 0.1) is 0 Å². The molecule has 0 spiro atoms. The molecule has 1 heterocycles. The zero-order valence-electron chi connectivity index (χ0n) is 13.2. The van der Waals surface area contributed by atoms with E-state index in [-0.39, 0.29) is 12.5 Å². The van der Waals surface area contributed by atoms with Gasteiger partial charge in [0.15, 0.2) is 6.61 Å². The van der Waals surface area contributed by atoms with Crippen molar-refractivity contribution < 1.29 is 9.53 Å². The molecule has 1 aromatic heterocycles. The number of carbonyl (C=O) groups is 1. The van der Waals surface area contributed by atoms with E-state index in [1.807, 2.05) is 55.4 Å². The summed E-state index contributed by atoms with van der Waals surface area (Å²) in [6.45, 7) is 2.05. The fourth-order valence-electron chi connectivity index (χ4n) is 1.93. The molecule has 5 nitrogen and oxygen atoms in total. The Morgan fingerprint density at radius 3 is 2.73 bits per heavy atom. The number of hydrogen-bond donors (Lipinski definition) is 1. The Morgan fingerprint density at radius 1 is 1.27 bits per heavy atom. The second-order valence-electron chi connectivity index (χ2n) is 5.14. The molecule has 1 N–H and O–H groups in total. The zero-order valence-corrected chi connectivity index (χ0v) is 13.2. The largest absolute Gasteiger partial charge is 0.484 e. The predicted octanol–water partition coefficient (Wildman–Crippen LogP) is 2.73. The summed E-state index contributed by atoms with van der Waals surface area (Å²) in [6, 6.07) is 11.4. The number of nitrogens with one attached hydrogen (secondary N) is 1. The third kappa shape index (κ3) is 4.48. The van der Waals surface area contributed by atoms with E-state index < -0.39 is 0 Å². The van der Waals surface area contributed by atoms with E-state index in [1.165, 1.54) is 5.56 Å². The molecule has 2 aromatic rings. The minimum atomic E-state index is -0.207. The van der Waals surface area contributed by atoms with Crippen LogP contribution in [-0.2, 0) is 11.2 Å². The third-order valence-electron chi connectivity index (χ3n) is 3.17. The lowest BCUT2D eigenvalue weighted by atomic mass is 10.2. The van der Waals surface area contributed by atoms with Crippen LogP contribution in [0.25, 0.3) is 0 Å². The van der Waals surface area contributed by atoms with Gasteiger partial charge in [-0.25, -0.2) is 4.98 Å². The highest BCUT2D eigenvalue weighted by atomic mass is 16.5. The lowest BCUT2D eigenvalue weighted by molar-refractivity contribution is -0.118. The fraction of sp³-hybridized carbons (Fsp3) is 0.294. The highest BCUT2D eigenvalue weighted by Gasteiger charge is 2.05. The summed E-state index contributed by atoms with van der Waals surface area (Å²) in [6.07, 6.45) is 2.57. The van der Waals surface area contributed by atoms with Gasteiger partial charge in [-0.2, -0.15) is 0 Å². The smallest absolute Gasteiger partial charge is 0.262 e. The lowest BCUT2D eigenvalue weighted by Gasteiger charge is -2.12. The van der Waals surface area contributed by atoms with E-state index in [2.05, 4.69) is 17.2 Å². The second-order valence-corrected chi connectivity index (χ2v) is 5.14. The van der Waals surface area contributed by atoms with Gasteiger partial charge < -0.3 is 15.0 Å². The molecule has 0 aliphatic heterocycles. The monoisotopic (exact) mass is 299 g/mol. The van der Waals surface area contributed by atoms with E-state index >= 15 is 0 Å². The van der Waals surface area contributed by atoms with Gasteiger partial charge in [0.2, 0.25) is 0 Å². The van der Waals surface area contributed by atoms with Gasteiger partial charge in [-0.1, -0.05) is 19.1 Å². The molecule has 0 bridgehead atoms. The summed E-state index contributed by atoms with van der Waals surface area (Å²) in [5.74, 6) is 1.34. The Hall–Kier alpha value is -2.56. The number of amides is 1. The van der Waals surface area contributed by atoms with Crippen molar-refractivity contribution in [3.8, 4) is 5.75 Å². The molecule has 5 heteroatoms. The minimum Gasteiger partial charge on any atom is -0.484 e. The Kier molecular flexibility index (Phi) is 5.36. The molecule has 0 saturated carbocycles. The summed E-state index contributed by atoms with van der Waals surface area (Å²) < 4.78 is 5.50. The van der Waals surface area contributed by atoms with Crippen LogP contribution in [0.5, 0.6) is 5.75 Å². The average Bonchev–Trinajstić information content (AvgIpc) is 2.53. The van der Waals surface area contributed by atoms with Gasteiger partial charge in [-0.3, -0.25) is 4.79 Å². The number of hydrogen-bond acceptors (Lipinski definition) is 4. The number of anilines is 2. The second kappa shape index (κ2) is 7.45. The van der Waals surface area contributed by atoms with Gasteiger partial charge in [-0.05, 0) is 36.2 Å². The number of rotatable bonds is 6. The van der Waals surface area contributed by atoms with Crippen molar-refractivity contribution >= 4 is 17.4 Å². The molecule has 0 saturated heterocycles. The van der Waals surface area contributed by atoms with Crippen LogP contribution in [0.4, 0.5) is 11.5 Å². The van der Waals surface area contributed by atoms with Gasteiger partial charge >= 0.3 is 0 Å². The van der Waals surface area contributed by atoms with Crippen LogP contribution < -0.4 is 15.0 Å². The lowest BCUT2D eigenvalue weighted by Crippen LogP contribution is -2.20. The molecule has 0 fully saturated rings. The molecule has 0 radical (unpaired) electrons. The first-order chi connectivity index (χ1) is 10.6. The van der Waals surface area contributed by atoms with Gasteiger partial charge in [0.1, 0.15) is 11.6 Å². The summed E-state index contributed by atoms with van der Waals surface area (Å²) in [4.78, 5) is 18.0. The predicted molar refractivity (Wildman–Crippen MR) is 88.5 cm³/mol. The van der Waals surface area contributed by atoms with E-state index in [0.717, 1.165) is 12.2 Å². The molecule has 0 atom stereocenters. The number of carbonyl (C=O) groups excluding carboxylic acids is 1. The van der Waals surface area contributed by atoms with Crippen molar-refractivity contribution in [2.45, 2.75) is 13.3 Å². The fourth-order valence-corrected chi connectivity index (χ4v) is 1.93. The summed E-state index contributed by atoms with van der Waals surface area (Å²) >= 11 is 0. The molecule has 0 unspecified atom stereocenters. The maximum Gasteiger partial charge on any atom is 0.262 e. The summed E-state index contributed by atoms with van der Waals surface area (Å²) in [5.41, 5.74) is 1.84. The van der Waals surface area contributed by atoms with Gasteiger partial charge in [-0.15, -0.1) is 0 Å². The first-order valence-electron chi connectivity index (χ1n) is 7.23. The van der Waals surface area contributed by atoms with Crippen LogP contribution in [0.1, 0.15) is 12.5 Å². The maximum absolute atomic E-state index is 11.9. The Balaban J connectivity index is 1.87. The maximum atomic E-state index is 11.9. The first kappa shape index (κ1) is 15.8. The van der Waals surface area contributed by atoms with E-state index in [4.69, 9.17) is 4.74 Å². The molecule has 1 aromatic carbocycles. The quantitative estimate of drug-likeness (QED) is 0.891. The van der Waals surface area contributed by atoms with Crippen molar-refractivity contribution in [1.82, 2.24) is 4.98 Å². The van der Waals surface area contributed by atoms with Crippen LogP contribution in [0.3, 0.4) is 0 Å². The molecule has 2 rings (SSSR count). The Morgan fingerprint density at radius 2 is 2.09 bits per heavy atom. The van der Waals surface area contributed by atoms with Crippen LogP contribution in [0.15, 0.2) is 42.6 Å². The molecule has 116 valence electrons. The zero-order chi connectivity index (χ0) is 15.9. The SMILES string of the molecule is CCc1cccc(OCC(=O)Nc2ccc(N(C)C)nc2)c1. The minimum absolute atomic E-state index is 0.0252. The normalized spacial score (nSPS) is 10.1. The standard InChI is InChI=1S/C17H21N3O2/c1-4-13-6-5-7-15(10-13)22-12-17(21)19-14-8-9-16(18-11-14)20(2)3/h5-11H,4,12H2,1-3H3,(H,19,21). The molecule has 22 heavy (non-hydrogen) atoms. The number of pyridine rings is 1. The molecule has 0 aliphatic rings. The Labute approximate surface area is 130 Å². The number of aromatic nitrogens is 1. The topological polar surface area (TPSA) is 54.5 Å². The number of ether oxygens (including phenoxy) is 1. The Bertz CT molecular complexity index is 624. The number of nitrogens with zero attached hydrogens (tertiary/aromatic N) is 2. The van der Waals surface area contributed by atoms with Crippen molar-refractivity contribution in [2.75, 3.05) is 30.9 Å². The summed E-state index contributed by atoms with van der Waals surface area (Å²) in [7, 11) is 3.83. The van der Waals surface area contributed by atoms with E-state index in [0.29, 0.717) is 11.4 Å². The van der Waals surface area contributed by atoms with Crippen LogP contribution in [-0.4, -0.2) is 31.6 Å².